The fourth-order valence-electron chi connectivity index (χ4n) is 4.38. The first-order valence-electron chi connectivity index (χ1n) is 8.94. The number of carbonyl (C=O) groups excluding carboxylic acids is 1. The normalized spacial score (nSPS) is 30.5. The van der Waals surface area contributed by atoms with Gasteiger partial charge in [0, 0.05) is 12.0 Å². The number of primary sulfonamides is 1. The van der Waals surface area contributed by atoms with Gasteiger partial charge in [-0.3, -0.25) is 4.79 Å². The Bertz CT molecular complexity index is 736. The van der Waals surface area contributed by atoms with E-state index in [0.29, 0.717) is 11.8 Å². The second-order valence-electron chi connectivity index (χ2n) is 7.54. The molecule has 0 heterocycles. The lowest BCUT2D eigenvalue weighted by molar-refractivity contribution is -0.128. The molecule has 0 radical (unpaired) electrons. The number of nitrogens with two attached hydrogens (primary N) is 2. The van der Waals surface area contributed by atoms with E-state index in [-0.39, 0.29) is 28.8 Å². The van der Waals surface area contributed by atoms with E-state index < -0.39 is 10.0 Å². The second-order valence-corrected chi connectivity index (χ2v) is 9.11. The van der Waals surface area contributed by atoms with Crippen LogP contribution in [0.3, 0.4) is 0 Å². The fourth-order valence-corrected chi connectivity index (χ4v) is 4.95. The van der Waals surface area contributed by atoms with Gasteiger partial charge in [0.2, 0.25) is 15.9 Å². The van der Waals surface area contributed by atoms with E-state index in [9.17, 15) is 13.2 Å². The van der Waals surface area contributed by atoms with Crippen molar-refractivity contribution in [2.45, 2.75) is 56.0 Å². The number of hydrogen-bond donors (Lipinski definition) is 3. The highest BCUT2D eigenvalue weighted by atomic mass is 32.2. The zero-order chi connectivity index (χ0) is 18.2. The molecule has 3 atom stereocenters. The van der Waals surface area contributed by atoms with Crippen molar-refractivity contribution in [2.24, 2.45) is 28.6 Å². The van der Waals surface area contributed by atoms with Crippen molar-refractivity contribution in [3.8, 4) is 0 Å². The summed E-state index contributed by atoms with van der Waals surface area (Å²) in [5, 5.41) is 8.22. The molecule has 7 heteroatoms. The predicted octanol–water partition coefficient (Wildman–Crippen LogP) is 1.66. The minimum absolute atomic E-state index is 0.000950. The standard InChI is InChI=1S/C18H27N3O3S/c1-11(12-4-3-7-16(10-12)25(20,23)24)21-18(22)15-8-13-5-2-6-14(9-15)17(13)19/h3-4,7,10-11,13-15,17H,2,5-6,8-9,19H2,1H3,(H,21,22)(H2,20,23,24). The smallest absolute Gasteiger partial charge is 0.238 e. The zero-order valence-electron chi connectivity index (χ0n) is 14.5. The molecule has 6 nitrogen and oxygen atoms in total. The maximum Gasteiger partial charge on any atom is 0.238 e. The molecule has 1 aromatic rings. The number of amides is 1. The first kappa shape index (κ1) is 18.4. The summed E-state index contributed by atoms with van der Waals surface area (Å²) in [5.74, 6) is 0.935. The first-order chi connectivity index (χ1) is 11.8. The number of hydrogen-bond acceptors (Lipinski definition) is 4. The number of carbonyl (C=O) groups is 1. The van der Waals surface area contributed by atoms with E-state index in [1.807, 2.05) is 6.92 Å². The molecule has 3 unspecified atom stereocenters. The lowest BCUT2D eigenvalue weighted by Crippen LogP contribution is -2.49. The minimum atomic E-state index is -3.75. The summed E-state index contributed by atoms with van der Waals surface area (Å²) < 4.78 is 23.0. The third-order valence-electron chi connectivity index (χ3n) is 5.83. The maximum absolute atomic E-state index is 12.7. The van der Waals surface area contributed by atoms with Crippen LogP contribution in [0, 0.1) is 17.8 Å². The fraction of sp³-hybridized carbons (Fsp3) is 0.611. The molecule has 5 N–H and O–H groups in total. The summed E-state index contributed by atoms with van der Waals surface area (Å²) >= 11 is 0. The van der Waals surface area contributed by atoms with Gasteiger partial charge in [-0.1, -0.05) is 18.6 Å². The van der Waals surface area contributed by atoms with Gasteiger partial charge in [-0.2, -0.15) is 0 Å². The Labute approximate surface area is 149 Å². The maximum atomic E-state index is 12.7. The number of fused-ring (bicyclic) bond motifs is 2. The van der Waals surface area contributed by atoms with Crippen LogP contribution in [-0.2, 0) is 14.8 Å². The van der Waals surface area contributed by atoms with Crippen LogP contribution in [0.2, 0.25) is 0 Å². The quantitative estimate of drug-likeness (QED) is 0.752. The van der Waals surface area contributed by atoms with Gasteiger partial charge in [0.1, 0.15) is 0 Å². The van der Waals surface area contributed by atoms with Crippen molar-refractivity contribution in [3.05, 3.63) is 29.8 Å². The summed E-state index contributed by atoms with van der Waals surface area (Å²) in [7, 11) is -3.75. The zero-order valence-corrected chi connectivity index (χ0v) is 15.3. The van der Waals surface area contributed by atoms with Gasteiger partial charge < -0.3 is 11.1 Å². The van der Waals surface area contributed by atoms with Gasteiger partial charge in [-0.15, -0.1) is 0 Å². The molecule has 0 spiro atoms. The third kappa shape index (κ3) is 4.04. The summed E-state index contributed by atoms with van der Waals surface area (Å²) in [6.07, 6.45) is 5.16. The van der Waals surface area contributed by atoms with E-state index in [1.54, 1.807) is 12.1 Å². The second kappa shape index (κ2) is 7.05. The monoisotopic (exact) mass is 365 g/mol. The topological polar surface area (TPSA) is 115 Å². The highest BCUT2D eigenvalue weighted by Crippen LogP contribution is 2.42. The van der Waals surface area contributed by atoms with Crippen molar-refractivity contribution in [3.63, 3.8) is 0 Å². The molecule has 0 aliphatic heterocycles. The Hall–Kier alpha value is -1.44. The van der Waals surface area contributed by atoms with Crippen LogP contribution in [0.1, 0.15) is 50.6 Å². The van der Waals surface area contributed by atoms with Crippen molar-refractivity contribution in [1.82, 2.24) is 5.32 Å². The Balaban J connectivity index is 1.67. The third-order valence-corrected chi connectivity index (χ3v) is 6.74. The Morgan fingerprint density at radius 2 is 1.88 bits per heavy atom. The van der Waals surface area contributed by atoms with Crippen molar-refractivity contribution >= 4 is 15.9 Å². The van der Waals surface area contributed by atoms with Crippen molar-refractivity contribution < 1.29 is 13.2 Å². The first-order valence-corrected chi connectivity index (χ1v) is 10.5. The van der Waals surface area contributed by atoms with Crippen LogP contribution in [0.15, 0.2) is 29.2 Å². The summed E-state index contributed by atoms with van der Waals surface area (Å²) in [4.78, 5) is 12.8. The van der Waals surface area contributed by atoms with Crippen LogP contribution < -0.4 is 16.2 Å². The SMILES string of the molecule is CC(NC(=O)C1CC2CCCC(C1)C2N)c1cccc(S(N)(=O)=O)c1. The molecule has 138 valence electrons. The van der Waals surface area contributed by atoms with Gasteiger partial charge in [0.25, 0.3) is 0 Å². The van der Waals surface area contributed by atoms with Crippen LogP contribution in [0.5, 0.6) is 0 Å². The molecule has 2 fully saturated rings. The van der Waals surface area contributed by atoms with E-state index in [2.05, 4.69) is 5.32 Å². The molecular weight excluding hydrogens is 338 g/mol. The molecule has 2 bridgehead atoms. The molecule has 0 saturated heterocycles. The highest BCUT2D eigenvalue weighted by molar-refractivity contribution is 7.89. The van der Waals surface area contributed by atoms with Crippen LogP contribution in [0.4, 0.5) is 0 Å². The average molecular weight is 365 g/mol. The highest BCUT2D eigenvalue weighted by Gasteiger charge is 2.40. The van der Waals surface area contributed by atoms with Gasteiger partial charge in [-0.05, 0) is 62.1 Å². The molecule has 1 aromatic carbocycles. The van der Waals surface area contributed by atoms with Crippen molar-refractivity contribution in [1.29, 1.82) is 0 Å². The molecule has 2 saturated carbocycles. The summed E-state index contributed by atoms with van der Waals surface area (Å²) in [5.41, 5.74) is 7.03. The Kier molecular flexibility index (Phi) is 5.18. The van der Waals surface area contributed by atoms with Gasteiger partial charge in [0.15, 0.2) is 0 Å². The lowest BCUT2D eigenvalue weighted by Gasteiger charge is -2.43. The van der Waals surface area contributed by atoms with Crippen LogP contribution in [-0.4, -0.2) is 20.4 Å². The van der Waals surface area contributed by atoms with E-state index in [1.165, 1.54) is 18.6 Å². The average Bonchev–Trinajstić information content (AvgIpc) is 2.53. The minimum Gasteiger partial charge on any atom is -0.349 e. The number of sulfonamides is 1. The number of nitrogens with one attached hydrogen (secondary N) is 1. The molecular formula is C18H27N3O3S. The number of rotatable bonds is 4. The van der Waals surface area contributed by atoms with E-state index in [0.717, 1.165) is 31.2 Å². The molecule has 0 aromatic heterocycles. The van der Waals surface area contributed by atoms with Crippen molar-refractivity contribution in [2.75, 3.05) is 0 Å². The Morgan fingerprint density at radius 3 is 2.48 bits per heavy atom. The number of benzene rings is 1. The molecule has 1 amide bonds. The van der Waals surface area contributed by atoms with Gasteiger partial charge >= 0.3 is 0 Å². The molecule has 2 aliphatic rings. The van der Waals surface area contributed by atoms with Gasteiger partial charge in [0.05, 0.1) is 10.9 Å². The van der Waals surface area contributed by atoms with E-state index >= 15 is 0 Å². The largest absolute Gasteiger partial charge is 0.349 e. The molecule has 2 aliphatic carbocycles. The van der Waals surface area contributed by atoms with E-state index in [4.69, 9.17) is 10.9 Å². The Morgan fingerprint density at radius 1 is 1.24 bits per heavy atom. The summed E-state index contributed by atoms with van der Waals surface area (Å²) in [6.45, 7) is 1.86. The predicted molar refractivity (Wildman–Crippen MR) is 95.9 cm³/mol. The van der Waals surface area contributed by atoms with Crippen LogP contribution in [0.25, 0.3) is 0 Å². The summed E-state index contributed by atoms with van der Waals surface area (Å²) in [6, 6.07) is 6.38. The lowest BCUT2D eigenvalue weighted by atomic mass is 9.65. The molecule has 25 heavy (non-hydrogen) atoms. The van der Waals surface area contributed by atoms with Gasteiger partial charge in [-0.25, -0.2) is 13.6 Å². The van der Waals surface area contributed by atoms with Crippen LogP contribution >= 0.6 is 0 Å². The molecule has 3 rings (SSSR count).